The van der Waals surface area contributed by atoms with Crippen molar-refractivity contribution in [3.63, 3.8) is 0 Å². The average Bonchev–Trinajstić information content (AvgIpc) is 2.75. The summed E-state index contributed by atoms with van der Waals surface area (Å²) in [4.78, 5) is 36.0. The van der Waals surface area contributed by atoms with Gasteiger partial charge >= 0.3 is 6.09 Å². The maximum Gasteiger partial charge on any atom is 0.408 e. The molecule has 0 aliphatic rings. The first-order valence-corrected chi connectivity index (χ1v) is 10.1. The molecule has 0 aliphatic carbocycles. The number of hydrogen-bond acceptors (Lipinski definition) is 5. The van der Waals surface area contributed by atoms with Crippen molar-refractivity contribution in [1.82, 2.24) is 10.6 Å². The quantitative estimate of drug-likeness (QED) is 0.546. The van der Waals surface area contributed by atoms with E-state index in [4.69, 9.17) is 9.47 Å². The van der Waals surface area contributed by atoms with Crippen molar-refractivity contribution in [2.75, 3.05) is 19.0 Å². The highest BCUT2D eigenvalue weighted by molar-refractivity contribution is 6.02. The van der Waals surface area contributed by atoms with Gasteiger partial charge in [-0.05, 0) is 56.2 Å². The van der Waals surface area contributed by atoms with E-state index in [1.807, 2.05) is 30.3 Å². The van der Waals surface area contributed by atoms with Crippen LogP contribution in [0, 0.1) is 0 Å². The van der Waals surface area contributed by atoms with Gasteiger partial charge in [0.2, 0.25) is 11.8 Å². The summed E-state index contributed by atoms with van der Waals surface area (Å²) >= 11 is 0. The molecule has 2 rings (SSSR count). The topological polar surface area (TPSA) is 106 Å². The summed E-state index contributed by atoms with van der Waals surface area (Å²) in [6, 6.07) is 14.5. The lowest BCUT2D eigenvalue weighted by atomic mass is 10.1. The van der Waals surface area contributed by atoms with Crippen molar-refractivity contribution in [3.8, 4) is 5.75 Å². The number of carbonyl (C=O) groups is 3. The summed E-state index contributed by atoms with van der Waals surface area (Å²) in [6.07, 6.45) is 2.47. The molecule has 0 fully saturated rings. The predicted octanol–water partition coefficient (Wildman–Crippen LogP) is 3.49. The second kappa shape index (κ2) is 11.5. The molecule has 170 valence electrons. The first kappa shape index (κ1) is 24.5. The van der Waals surface area contributed by atoms with Gasteiger partial charge in [0.25, 0.3) is 0 Å². The zero-order chi connectivity index (χ0) is 23.6. The van der Waals surface area contributed by atoms with Crippen LogP contribution < -0.4 is 20.7 Å². The lowest BCUT2D eigenvalue weighted by Crippen LogP contribution is -2.39. The monoisotopic (exact) mass is 439 g/mol. The second-order valence-electron chi connectivity index (χ2n) is 7.89. The van der Waals surface area contributed by atoms with Gasteiger partial charge in [-0.1, -0.05) is 30.3 Å². The Kier molecular flexibility index (Phi) is 8.83. The fraction of sp³-hybridized carbons (Fsp3) is 0.292. The molecule has 3 N–H and O–H groups in total. The van der Waals surface area contributed by atoms with Gasteiger partial charge in [-0.3, -0.25) is 9.59 Å². The van der Waals surface area contributed by atoms with Gasteiger partial charge in [-0.2, -0.15) is 0 Å². The molecule has 0 bridgehead atoms. The molecular weight excluding hydrogens is 410 g/mol. The molecule has 0 spiro atoms. The van der Waals surface area contributed by atoms with Gasteiger partial charge in [0, 0.05) is 18.3 Å². The standard InChI is InChI=1S/C24H29N3O5/c1-24(2,3)32-23(30)26-16-22(29)25-15-18-7-5-6-8-20(18)27-21(28)14-11-17-9-12-19(31-4)13-10-17/h5-14H,15-16H2,1-4H3,(H,25,29)(H,26,30)(H,27,28)/b14-11+. The zero-order valence-electron chi connectivity index (χ0n) is 18.7. The molecule has 8 nitrogen and oxygen atoms in total. The molecule has 0 heterocycles. The van der Waals surface area contributed by atoms with Crippen molar-refractivity contribution in [1.29, 1.82) is 0 Å². The highest BCUT2D eigenvalue weighted by atomic mass is 16.6. The Bertz CT molecular complexity index is 962. The molecule has 0 radical (unpaired) electrons. The highest BCUT2D eigenvalue weighted by Gasteiger charge is 2.16. The van der Waals surface area contributed by atoms with Crippen LogP contribution in [-0.4, -0.2) is 37.2 Å². The van der Waals surface area contributed by atoms with Crippen molar-refractivity contribution in [2.24, 2.45) is 0 Å². The lowest BCUT2D eigenvalue weighted by molar-refractivity contribution is -0.120. The fourth-order valence-electron chi connectivity index (χ4n) is 2.58. The lowest BCUT2D eigenvalue weighted by Gasteiger charge is -2.19. The smallest absolute Gasteiger partial charge is 0.408 e. The Balaban J connectivity index is 1.87. The molecule has 0 saturated heterocycles. The summed E-state index contributed by atoms with van der Waals surface area (Å²) < 4.78 is 10.2. The number of anilines is 1. The molecule has 2 aromatic rings. The van der Waals surface area contributed by atoms with Crippen LogP contribution in [0.3, 0.4) is 0 Å². The van der Waals surface area contributed by atoms with E-state index in [9.17, 15) is 14.4 Å². The molecule has 3 amide bonds. The minimum Gasteiger partial charge on any atom is -0.497 e. The molecule has 32 heavy (non-hydrogen) atoms. The van der Waals surface area contributed by atoms with Gasteiger partial charge in [-0.25, -0.2) is 4.79 Å². The Hall–Kier alpha value is -3.81. The van der Waals surface area contributed by atoms with Gasteiger partial charge in [0.1, 0.15) is 17.9 Å². The number of benzene rings is 2. The zero-order valence-corrected chi connectivity index (χ0v) is 18.7. The van der Waals surface area contributed by atoms with Crippen LogP contribution in [0.1, 0.15) is 31.9 Å². The number of nitrogens with one attached hydrogen (secondary N) is 3. The van der Waals surface area contributed by atoms with Gasteiger partial charge in [-0.15, -0.1) is 0 Å². The third kappa shape index (κ3) is 8.91. The summed E-state index contributed by atoms with van der Waals surface area (Å²) in [7, 11) is 1.59. The van der Waals surface area contributed by atoms with Crippen LogP contribution in [0.15, 0.2) is 54.6 Å². The van der Waals surface area contributed by atoms with E-state index in [0.717, 1.165) is 16.9 Å². The van der Waals surface area contributed by atoms with Crippen LogP contribution in [-0.2, 0) is 20.9 Å². The third-order valence-corrected chi connectivity index (χ3v) is 4.09. The van der Waals surface area contributed by atoms with Crippen LogP contribution in [0.5, 0.6) is 5.75 Å². The number of ether oxygens (including phenoxy) is 2. The summed E-state index contributed by atoms with van der Waals surface area (Å²) in [6.45, 7) is 5.19. The molecular formula is C24H29N3O5. The number of alkyl carbamates (subject to hydrolysis) is 1. The van der Waals surface area contributed by atoms with Crippen molar-refractivity contribution >= 4 is 29.7 Å². The number of para-hydroxylation sites is 1. The summed E-state index contributed by atoms with van der Waals surface area (Å²) in [5, 5.41) is 7.92. The molecule has 8 heteroatoms. The Morgan fingerprint density at radius 2 is 1.66 bits per heavy atom. The van der Waals surface area contributed by atoms with Crippen LogP contribution >= 0.6 is 0 Å². The molecule has 0 saturated carbocycles. The maximum atomic E-state index is 12.3. The molecule has 0 aliphatic heterocycles. The van der Waals surface area contributed by atoms with E-state index < -0.39 is 11.7 Å². The molecule has 2 aromatic carbocycles. The van der Waals surface area contributed by atoms with E-state index in [-0.39, 0.29) is 24.9 Å². The van der Waals surface area contributed by atoms with E-state index in [1.165, 1.54) is 6.08 Å². The second-order valence-corrected chi connectivity index (χ2v) is 7.89. The van der Waals surface area contributed by atoms with E-state index in [1.54, 1.807) is 52.2 Å². The number of carbonyl (C=O) groups excluding carboxylic acids is 3. The van der Waals surface area contributed by atoms with Crippen LogP contribution in [0.25, 0.3) is 6.08 Å². The van der Waals surface area contributed by atoms with Crippen LogP contribution in [0.4, 0.5) is 10.5 Å². The first-order chi connectivity index (χ1) is 15.2. The predicted molar refractivity (Wildman–Crippen MR) is 123 cm³/mol. The Morgan fingerprint density at radius 3 is 2.31 bits per heavy atom. The summed E-state index contributed by atoms with van der Waals surface area (Å²) in [5.41, 5.74) is 1.53. The minimum atomic E-state index is -0.663. The van der Waals surface area contributed by atoms with E-state index >= 15 is 0 Å². The van der Waals surface area contributed by atoms with Crippen molar-refractivity contribution in [3.05, 3.63) is 65.7 Å². The number of rotatable bonds is 8. The number of amides is 3. The molecule has 0 aromatic heterocycles. The van der Waals surface area contributed by atoms with Gasteiger partial charge in [0.15, 0.2) is 0 Å². The maximum absolute atomic E-state index is 12.3. The normalized spacial score (nSPS) is 11.0. The summed E-state index contributed by atoms with van der Waals surface area (Å²) in [5.74, 6) is 0.0615. The first-order valence-electron chi connectivity index (χ1n) is 10.1. The van der Waals surface area contributed by atoms with E-state index in [0.29, 0.717) is 5.69 Å². The molecule has 0 atom stereocenters. The SMILES string of the molecule is COc1ccc(/C=C/C(=O)Nc2ccccc2CNC(=O)CNC(=O)OC(C)(C)C)cc1. The van der Waals surface area contributed by atoms with Gasteiger partial charge < -0.3 is 25.4 Å². The van der Waals surface area contributed by atoms with E-state index in [2.05, 4.69) is 16.0 Å². The number of hydrogen-bond donors (Lipinski definition) is 3. The Morgan fingerprint density at radius 1 is 0.969 bits per heavy atom. The van der Waals surface area contributed by atoms with Gasteiger partial charge in [0.05, 0.1) is 7.11 Å². The van der Waals surface area contributed by atoms with Crippen LogP contribution in [0.2, 0.25) is 0 Å². The number of methoxy groups -OCH3 is 1. The molecule has 0 unspecified atom stereocenters. The van der Waals surface area contributed by atoms with Crippen molar-refractivity contribution < 1.29 is 23.9 Å². The average molecular weight is 440 g/mol. The van der Waals surface area contributed by atoms with Crippen molar-refractivity contribution in [2.45, 2.75) is 32.9 Å². The third-order valence-electron chi connectivity index (χ3n) is 4.09. The Labute approximate surface area is 188 Å². The largest absolute Gasteiger partial charge is 0.497 e. The minimum absolute atomic E-state index is 0.188. The fourth-order valence-corrected chi connectivity index (χ4v) is 2.58. The highest BCUT2D eigenvalue weighted by Crippen LogP contribution is 2.16.